The zero-order valence-electron chi connectivity index (χ0n) is 13.0. The Morgan fingerprint density at radius 1 is 0.913 bits per heavy atom. The molecule has 0 saturated carbocycles. The van der Waals surface area contributed by atoms with Gasteiger partial charge in [0.2, 0.25) is 6.79 Å². The Balaban J connectivity index is 1.63. The highest BCUT2D eigenvalue weighted by Gasteiger charge is 2.38. The first-order valence-electron chi connectivity index (χ1n) is 7.90. The van der Waals surface area contributed by atoms with Crippen molar-refractivity contribution < 1.29 is 14.2 Å². The summed E-state index contributed by atoms with van der Waals surface area (Å²) in [5.41, 5.74) is 2.26. The van der Waals surface area contributed by atoms with E-state index in [-0.39, 0.29) is 23.9 Å². The van der Waals surface area contributed by atoms with E-state index in [0.717, 1.165) is 29.9 Å². The SMILES string of the molecule is C[C@]1(Cl)C[C@@H](c2ccc3c(c2)OCO3)O[C@@H](c2ccccc2)C1. The van der Waals surface area contributed by atoms with Crippen LogP contribution in [-0.4, -0.2) is 11.7 Å². The normalized spacial score (nSPS) is 29.5. The Hall–Kier alpha value is -1.71. The number of hydrogen-bond acceptors (Lipinski definition) is 3. The molecule has 1 saturated heterocycles. The van der Waals surface area contributed by atoms with Crippen molar-refractivity contribution in [3.8, 4) is 11.5 Å². The molecule has 0 unspecified atom stereocenters. The molecule has 0 bridgehead atoms. The van der Waals surface area contributed by atoms with Crippen LogP contribution in [-0.2, 0) is 4.74 Å². The molecule has 2 aliphatic rings. The first kappa shape index (κ1) is 14.9. The third-order valence-corrected chi connectivity index (χ3v) is 4.80. The van der Waals surface area contributed by atoms with Gasteiger partial charge in [-0.1, -0.05) is 36.4 Å². The number of benzene rings is 2. The predicted molar refractivity (Wildman–Crippen MR) is 89.1 cm³/mol. The monoisotopic (exact) mass is 330 g/mol. The van der Waals surface area contributed by atoms with Crippen LogP contribution in [0.4, 0.5) is 0 Å². The van der Waals surface area contributed by atoms with Crippen LogP contribution in [0.25, 0.3) is 0 Å². The zero-order valence-corrected chi connectivity index (χ0v) is 13.8. The topological polar surface area (TPSA) is 27.7 Å². The zero-order chi connectivity index (χ0) is 15.9. The molecule has 2 aromatic rings. The fourth-order valence-electron chi connectivity index (χ4n) is 3.32. The second-order valence-electron chi connectivity index (χ2n) is 6.46. The van der Waals surface area contributed by atoms with Gasteiger partial charge in [-0.3, -0.25) is 0 Å². The van der Waals surface area contributed by atoms with Gasteiger partial charge in [0.25, 0.3) is 0 Å². The summed E-state index contributed by atoms with van der Waals surface area (Å²) in [7, 11) is 0. The molecule has 0 spiro atoms. The molecule has 0 aliphatic carbocycles. The van der Waals surface area contributed by atoms with Gasteiger partial charge in [0.1, 0.15) is 0 Å². The molecule has 23 heavy (non-hydrogen) atoms. The molecular weight excluding hydrogens is 312 g/mol. The number of rotatable bonds is 2. The molecule has 4 heteroatoms. The maximum Gasteiger partial charge on any atom is 0.231 e. The van der Waals surface area contributed by atoms with Gasteiger partial charge in [-0.05, 0) is 43.0 Å². The number of ether oxygens (including phenoxy) is 3. The molecule has 2 aliphatic heterocycles. The average molecular weight is 331 g/mol. The maximum absolute atomic E-state index is 6.74. The minimum absolute atomic E-state index is 0.00266. The van der Waals surface area contributed by atoms with Crippen LogP contribution in [0, 0.1) is 0 Å². The first-order valence-corrected chi connectivity index (χ1v) is 8.27. The van der Waals surface area contributed by atoms with Gasteiger partial charge >= 0.3 is 0 Å². The Morgan fingerprint density at radius 3 is 2.39 bits per heavy atom. The van der Waals surface area contributed by atoms with Gasteiger partial charge in [0.05, 0.1) is 12.2 Å². The van der Waals surface area contributed by atoms with Gasteiger partial charge < -0.3 is 14.2 Å². The molecule has 2 heterocycles. The summed E-state index contributed by atoms with van der Waals surface area (Å²) in [5, 5.41) is 0. The van der Waals surface area contributed by atoms with Gasteiger partial charge in [-0.2, -0.15) is 0 Å². The highest BCUT2D eigenvalue weighted by molar-refractivity contribution is 6.23. The largest absolute Gasteiger partial charge is 0.454 e. The van der Waals surface area contributed by atoms with E-state index < -0.39 is 0 Å². The quantitative estimate of drug-likeness (QED) is 0.725. The van der Waals surface area contributed by atoms with Crippen molar-refractivity contribution in [3.05, 3.63) is 59.7 Å². The molecule has 2 aromatic carbocycles. The second-order valence-corrected chi connectivity index (χ2v) is 7.37. The summed E-state index contributed by atoms with van der Waals surface area (Å²) >= 11 is 6.74. The van der Waals surface area contributed by atoms with Crippen LogP contribution in [0.2, 0.25) is 0 Å². The van der Waals surface area contributed by atoms with Crippen LogP contribution in [0.3, 0.4) is 0 Å². The predicted octanol–water partition coefficient (Wildman–Crippen LogP) is 5.01. The summed E-state index contributed by atoms with van der Waals surface area (Å²) in [5.74, 6) is 1.57. The molecule has 3 atom stereocenters. The molecule has 4 rings (SSSR count). The minimum Gasteiger partial charge on any atom is -0.454 e. The van der Waals surface area contributed by atoms with E-state index in [1.807, 2.05) is 36.4 Å². The fraction of sp³-hybridized carbons (Fsp3) is 0.368. The van der Waals surface area contributed by atoms with Crippen molar-refractivity contribution in [1.29, 1.82) is 0 Å². The summed E-state index contributed by atoms with van der Waals surface area (Å²) < 4.78 is 17.2. The van der Waals surface area contributed by atoms with Crippen LogP contribution >= 0.6 is 11.6 Å². The Bertz CT molecular complexity index is 699. The maximum atomic E-state index is 6.74. The van der Waals surface area contributed by atoms with Crippen LogP contribution < -0.4 is 9.47 Å². The molecule has 0 radical (unpaired) electrons. The van der Waals surface area contributed by atoms with E-state index in [9.17, 15) is 0 Å². The summed E-state index contributed by atoms with van der Waals surface area (Å²) in [6.45, 7) is 2.37. The van der Waals surface area contributed by atoms with Gasteiger partial charge in [-0.15, -0.1) is 11.6 Å². The van der Waals surface area contributed by atoms with Crippen molar-refractivity contribution >= 4 is 11.6 Å². The van der Waals surface area contributed by atoms with E-state index in [2.05, 4.69) is 19.1 Å². The average Bonchev–Trinajstić information content (AvgIpc) is 3.02. The lowest BCUT2D eigenvalue weighted by atomic mass is 9.87. The van der Waals surface area contributed by atoms with E-state index in [0.29, 0.717) is 0 Å². The van der Waals surface area contributed by atoms with Gasteiger partial charge in [0.15, 0.2) is 11.5 Å². The van der Waals surface area contributed by atoms with Gasteiger partial charge in [0, 0.05) is 4.87 Å². The number of fused-ring (bicyclic) bond motifs is 1. The lowest BCUT2D eigenvalue weighted by Gasteiger charge is -2.39. The Kier molecular flexibility index (Phi) is 3.70. The minimum atomic E-state index is -0.292. The van der Waals surface area contributed by atoms with Gasteiger partial charge in [-0.25, -0.2) is 0 Å². The molecule has 0 aromatic heterocycles. The third-order valence-electron chi connectivity index (χ3n) is 4.49. The molecule has 120 valence electrons. The molecule has 0 amide bonds. The van der Waals surface area contributed by atoms with E-state index in [1.165, 1.54) is 5.56 Å². The summed E-state index contributed by atoms with van der Waals surface area (Å²) in [4.78, 5) is -0.292. The molecule has 3 nitrogen and oxygen atoms in total. The summed E-state index contributed by atoms with van der Waals surface area (Å²) in [6.07, 6.45) is 1.53. The van der Waals surface area contributed by atoms with E-state index in [1.54, 1.807) is 0 Å². The smallest absolute Gasteiger partial charge is 0.231 e. The molecule has 1 fully saturated rings. The van der Waals surface area contributed by atoms with E-state index >= 15 is 0 Å². The van der Waals surface area contributed by atoms with Crippen LogP contribution in [0.5, 0.6) is 11.5 Å². The van der Waals surface area contributed by atoms with Crippen molar-refractivity contribution in [2.45, 2.75) is 36.8 Å². The molecular formula is C19H19ClO3. The van der Waals surface area contributed by atoms with Crippen LogP contribution in [0.1, 0.15) is 43.1 Å². The standard InChI is InChI=1S/C19H19ClO3/c1-19(20)10-17(13-5-3-2-4-6-13)23-18(11-19)14-7-8-15-16(9-14)22-12-21-15/h2-9,17-18H,10-12H2,1H3/t17-,18+,19-/m1/s1. The highest BCUT2D eigenvalue weighted by atomic mass is 35.5. The van der Waals surface area contributed by atoms with Crippen molar-refractivity contribution in [2.75, 3.05) is 6.79 Å². The number of halogens is 1. The molecule has 0 N–H and O–H groups in total. The number of alkyl halides is 1. The van der Waals surface area contributed by atoms with Crippen molar-refractivity contribution in [2.24, 2.45) is 0 Å². The highest BCUT2D eigenvalue weighted by Crippen LogP contribution is 2.47. The lowest BCUT2D eigenvalue weighted by Crippen LogP contribution is -2.31. The number of hydrogen-bond donors (Lipinski definition) is 0. The van der Waals surface area contributed by atoms with Crippen molar-refractivity contribution in [1.82, 2.24) is 0 Å². The Labute approximate surface area is 141 Å². The Morgan fingerprint density at radius 2 is 1.61 bits per heavy atom. The summed E-state index contributed by atoms with van der Waals surface area (Å²) in [6, 6.07) is 16.3. The lowest BCUT2D eigenvalue weighted by molar-refractivity contribution is -0.0659. The second kappa shape index (κ2) is 5.73. The van der Waals surface area contributed by atoms with Crippen LogP contribution in [0.15, 0.2) is 48.5 Å². The first-order chi connectivity index (χ1) is 11.1. The third kappa shape index (κ3) is 3.04. The van der Waals surface area contributed by atoms with E-state index in [4.69, 9.17) is 25.8 Å². The van der Waals surface area contributed by atoms with Crippen molar-refractivity contribution in [3.63, 3.8) is 0 Å². The fourth-order valence-corrected chi connectivity index (χ4v) is 3.61.